The number of esters is 1. The second kappa shape index (κ2) is 9.53. The van der Waals surface area contributed by atoms with Crippen LogP contribution >= 0.6 is 0 Å². The van der Waals surface area contributed by atoms with Gasteiger partial charge >= 0.3 is 5.97 Å². The Morgan fingerprint density at radius 1 is 1.08 bits per heavy atom. The summed E-state index contributed by atoms with van der Waals surface area (Å²) in [6.07, 6.45) is 3.19. The number of benzene rings is 2. The average molecular weight is 326 g/mol. The molecule has 1 atom stereocenters. The van der Waals surface area contributed by atoms with Crippen molar-refractivity contribution < 1.29 is 19.2 Å². The van der Waals surface area contributed by atoms with Gasteiger partial charge in [0.15, 0.2) is 0 Å². The zero-order valence-corrected chi connectivity index (χ0v) is 14.2. The van der Waals surface area contributed by atoms with Crippen LogP contribution in [0.3, 0.4) is 0 Å². The first-order valence-corrected chi connectivity index (χ1v) is 8.01. The standard InChI is InChI=1S/C20H23NO3/c1-21(16-18-6-4-3-5-7-18)14-15-24-20(22)13-10-17-8-11-19(23-2)12-9-17/h3-13H,14-16H2,1-2H3/p+1/b13-10+. The van der Waals surface area contributed by atoms with E-state index in [2.05, 4.69) is 19.2 Å². The molecule has 2 aromatic carbocycles. The normalized spacial score (nSPS) is 12.1. The van der Waals surface area contributed by atoms with Crippen LogP contribution in [0.15, 0.2) is 60.7 Å². The number of carbonyl (C=O) groups is 1. The van der Waals surface area contributed by atoms with Crippen molar-refractivity contribution in [3.63, 3.8) is 0 Å². The topological polar surface area (TPSA) is 40.0 Å². The third kappa shape index (κ3) is 6.26. The maximum Gasteiger partial charge on any atom is 0.330 e. The van der Waals surface area contributed by atoms with Gasteiger partial charge in [0.25, 0.3) is 0 Å². The van der Waals surface area contributed by atoms with Crippen molar-refractivity contribution in [3.8, 4) is 5.75 Å². The first-order chi connectivity index (χ1) is 11.7. The van der Waals surface area contributed by atoms with Crippen molar-refractivity contribution in [1.82, 2.24) is 0 Å². The number of carbonyl (C=O) groups excluding carboxylic acids is 1. The van der Waals surface area contributed by atoms with Gasteiger partial charge in [0.1, 0.15) is 25.4 Å². The van der Waals surface area contributed by atoms with Gasteiger partial charge in [-0.3, -0.25) is 0 Å². The van der Waals surface area contributed by atoms with Gasteiger partial charge in [-0.05, 0) is 23.8 Å². The summed E-state index contributed by atoms with van der Waals surface area (Å²) in [6, 6.07) is 17.8. The number of hydrogen-bond donors (Lipinski definition) is 1. The third-order valence-corrected chi connectivity index (χ3v) is 3.65. The summed E-state index contributed by atoms with van der Waals surface area (Å²) in [4.78, 5) is 13.0. The number of nitrogens with one attached hydrogen (secondary N) is 1. The predicted octanol–water partition coefficient (Wildman–Crippen LogP) is 1.97. The minimum Gasteiger partial charge on any atom is -0.497 e. The minimum atomic E-state index is -0.321. The monoisotopic (exact) mass is 326 g/mol. The zero-order valence-electron chi connectivity index (χ0n) is 14.2. The molecule has 0 bridgehead atoms. The molecule has 0 aliphatic heterocycles. The molecule has 0 saturated heterocycles. The maximum atomic E-state index is 11.7. The molecule has 0 amide bonds. The van der Waals surface area contributed by atoms with Crippen LogP contribution < -0.4 is 9.64 Å². The minimum absolute atomic E-state index is 0.321. The van der Waals surface area contributed by atoms with Gasteiger partial charge in [-0.1, -0.05) is 42.5 Å². The smallest absolute Gasteiger partial charge is 0.330 e. The Balaban J connectivity index is 1.69. The van der Waals surface area contributed by atoms with E-state index >= 15 is 0 Å². The summed E-state index contributed by atoms with van der Waals surface area (Å²) in [5.74, 6) is 0.470. The Hall–Kier alpha value is -2.59. The third-order valence-electron chi connectivity index (χ3n) is 3.65. The Labute approximate surface area is 143 Å². The largest absolute Gasteiger partial charge is 0.497 e. The van der Waals surface area contributed by atoms with Crippen LogP contribution in [0.4, 0.5) is 0 Å². The number of methoxy groups -OCH3 is 1. The Morgan fingerprint density at radius 2 is 1.79 bits per heavy atom. The van der Waals surface area contributed by atoms with Crippen LogP contribution in [-0.2, 0) is 16.1 Å². The van der Waals surface area contributed by atoms with Gasteiger partial charge in [-0.2, -0.15) is 0 Å². The molecule has 4 nitrogen and oxygen atoms in total. The first-order valence-electron chi connectivity index (χ1n) is 8.01. The Morgan fingerprint density at radius 3 is 2.46 bits per heavy atom. The number of quaternary nitrogens is 1. The van der Waals surface area contributed by atoms with Gasteiger partial charge in [-0.15, -0.1) is 0 Å². The van der Waals surface area contributed by atoms with Crippen molar-refractivity contribution in [3.05, 3.63) is 71.8 Å². The second-order valence-corrected chi connectivity index (χ2v) is 5.64. The van der Waals surface area contributed by atoms with E-state index in [4.69, 9.17) is 9.47 Å². The molecule has 0 saturated carbocycles. The van der Waals surface area contributed by atoms with Crippen molar-refractivity contribution >= 4 is 12.0 Å². The SMILES string of the molecule is COc1ccc(/C=C/C(=O)OCC[NH+](C)Cc2ccccc2)cc1. The molecule has 24 heavy (non-hydrogen) atoms. The summed E-state index contributed by atoms with van der Waals surface area (Å²) >= 11 is 0. The number of ether oxygens (including phenoxy) is 2. The zero-order chi connectivity index (χ0) is 17.2. The van der Waals surface area contributed by atoms with Gasteiger partial charge < -0.3 is 14.4 Å². The molecule has 0 spiro atoms. The van der Waals surface area contributed by atoms with Gasteiger partial charge in [0.2, 0.25) is 0 Å². The lowest BCUT2D eigenvalue weighted by molar-refractivity contribution is -0.893. The predicted molar refractivity (Wildman–Crippen MR) is 94.9 cm³/mol. The van der Waals surface area contributed by atoms with E-state index in [0.29, 0.717) is 6.61 Å². The summed E-state index contributed by atoms with van der Waals surface area (Å²) < 4.78 is 10.3. The molecule has 0 fully saturated rings. The lowest BCUT2D eigenvalue weighted by Gasteiger charge is -2.13. The highest BCUT2D eigenvalue weighted by Gasteiger charge is 2.05. The van der Waals surface area contributed by atoms with Crippen LogP contribution in [0.25, 0.3) is 6.08 Å². The molecule has 0 radical (unpaired) electrons. The molecule has 2 aromatic rings. The fourth-order valence-electron chi connectivity index (χ4n) is 2.29. The summed E-state index contributed by atoms with van der Waals surface area (Å²) in [5, 5.41) is 0. The fourth-order valence-corrected chi connectivity index (χ4v) is 2.29. The first kappa shape index (κ1) is 17.8. The molecule has 0 aliphatic carbocycles. The summed E-state index contributed by atoms with van der Waals surface area (Å²) in [6.45, 7) is 2.10. The Bertz CT molecular complexity index is 650. The van der Waals surface area contributed by atoms with E-state index in [1.807, 2.05) is 42.5 Å². The molecule has 1 N–H and O–H groups in total. The highest BCUT2D eigenvalue weighted by Crippen LogP contribution is 2.12. The maximum absolute atomic E-state index is 11.7. The van der Waals surface area contributed by atoms with E-state index < -0.39 is 0 Å². The number of hydrogen-bond acceptors (Lipinski definition) is 3. The Kier molecular flexibility index (Phi) is 7.05. The molecule has 4 heteroatoms. The summed E-state index contributed by atoms with van der Waals surface area (Å²) in [5.41, 5.74) is 2.21. The molecule has 126 valence electrons. The van der Waals surface area contributed by atoms with Crippen LogP contribution in [-0.4, -0.2) is 33.3 Å². The quantitative estimate of drug-likeness (QED) is 0.595. The van der Waals surface area contributed by atoms with Crippen LogP contribution in [0.1, 0.15) is 11.1 Å². The van der Waals surface area contributed by atoms with E-state index in [1.54, 1.807) is 13.2 Å². The fraction of sp³-hybridized carbons (Fsp3) is 0.250. The van der Waals surface area contributed by atoms with Crippen LogP contribution in [0.2, 0.25) is 0 Å². The highest BCUT2D eigenvalue weighted by atomic mass is 16.5. The van der Waals surface area contributed by atoms with E-state index in [-0.39, 0.29) is 5.97 Å². The van der Waals surface area contributed by atoms with Gasteiger partial charge in [0.05, 0.1) is 14.2 Å². The van der Waals surface area contributed by atoms with E-state index in [9.17, 15) is 4.79 Å². The second-order valence-electron chi connectivity index (χ2n) is 5.64. The number of rotatable bonds is 8. The van der Waals surface area contributed by atoms with E-state index in [1.165, 1.54) is 16.5 Å². The van der Waals surface area contributed by atoms with E-state index in [0.717, 1.165) is 24.4 Å². The number of likely N-dealkylation sites (N-methyl/N-ethyl adjacent to an activating group) is 1. The molecule has 1 unspecified atom stereocenters. The molecule has 0 aromatic heterocycles. The molecule has 0 heterocycles. The van der Waals surface area contributed by atoms with Crippen molar-refractivity contribution in [2.45, 2.75) is 6.54 Å². The molecule has 0 aliphatic rings. The average Bonchev–Trinajstić information content (AvgIpc) is 2.61. The molecule has 2 rings (SSSR count). The molecular formula is C20H24NO3+. The van der Waals surface area contributed by atoms with Crippen molar-refractivity contribution in [2.24, 2.45) is 0 Å². The molecular weight excluding hydrogens is 302 g/mol. The van der Waals surface area contributed by atoms with Crippen molar-refractivity contribution in [2.75, 3.05) is 27.3 Å². The van der Waals surface area contributed by atoms with Gasteiger partial charge in [0, 0.05) is 11.6 Å². The lowest BCUT2D eigenvalue weighted by Crippen LogP contribution is -3.08. The van der Waals surface area contributed by atoms with Crippen LogP contribution in [0.5, 0.6) is 5.75 Å². The van der Waals surface area contributed by atoms with Crippen LogP contribution in [0, 0.1) is 0 Å². The highest BCUT2D eigenvalue weighted by molar-refractivity contribution is 5.87. The van der Waals surface area contributed by atoms with Gasteiger partial charge in [-0.25, -0.2) is 4.79 Å². The van der Waals surface area contributed by atoms with Crippen molar-refractivity contribution in [1.29, 1.82) is 0 Å². The lowest BCUT2D eigenvalue weighted by atomic mass is 10.2. The summed E-state index contributed by atoms with van der Waals surface area (Å²) in [7, 11) is 3.72.